The molecule has 0 atom stereocenters. The second kappa shape index (κ2) is 7.12. The van der Waals surface area contributed by atoms with Gasteiger partial charge >= 0.3 is 6.03 Å². The smallest absolute Gasteiger partial charge is 0.316 e. The Hall–Kier alpha value is -1.78. The monoisotopic (exact) mass is 306 g/mol. The van der Waals surface area contributed by atoms with E-state index in [0.717, 1.165) is 10.6 Å². The van der Waals surface area contributed by atoms with Gasteiger partial charge in [0.2, 0.25) is 0 Å². The maximum absolute atomic E-state index is 12.3. The average molecular weight is 307 g/mol. The van der Waals surface area contributed by atoms with E-state index in [1.165, 1.54) is 0 Å². The van der Waals surface area contributed by atoms with Gasteiger partial charge in [0.15, 0.2) is 0 Å². The van der Waals surface area contributed by atoms with Gasteiger partial charge in [-0.1, -0.05) is 23.7 Å². The molecule has 3 nitrogen and oxygen atoms in total. The van der Waals surface area contributed by atoms with Crippen LogP contribution in [0.15, 0.2) is 54.4 Å². The van der Waals surface area contributed by atoms with Crippen molar-refractivity contribution in [3.8, 4) is 0 Å². The van der Waals surface area contributed by atoms with Crippen molar-refractivity contribution < 1.29 is 4.79 Å². The average Bonchev–Trinajstić information content (AvgIpc) is 2.94. The Morgan fingerprint density at radius 1 is 1.35 bits per heavy atom. The molecule has 5 heteroatoms. The first kappa shape index (κ1) is 14.6. The van der Waals surface area contributed by atoms with Gasteiger partial charge in [0, 0.05) is 22.1 Å². The van der Waals surface area contributed by atoms with Crippen molar-refractivity contribution in [2.24, 2.45) is 0 Å². The van der Waals surface area contributed by atoms with Crippen LogP contribution in [0.4, 0.5) is 10.5 Å². The maximum atomic E-state index is 12.3. The number of carbonyl (C=O) groups is 1. The van der Waals surface area contributed by atoms with Crippen LogP contribution in [0.25, 0.3) is 0 Å². The number of urea groups is 1. The standard InChI is InChI=1S/C15H15ClN2OS/c1-2-9-18(11-14-4-3-10-20-14)15(19)17-13-7-5-12(16)6-8-13/h2-8,10H,1,9,11H2,(H,17,19). The molecule has 0 aliphatic rings. The van der Waals surface area contributed by atoms with Crippen LogP contribution in [0.2, 0.25) is 5.02 Å². The number of carbonyl (C=O) groups excluding carboxylic acids is 1. The molecule has 2 amide bonds. The van der Waals surface area contributed by atoms with Crippen LogP contribution < -0.4 is 5.32 Å². The first-order valence-corrected chi connectivity index (χ1v) is 7.39. The molecule has 0 spiro atoms. The topological polar surface area (TPSA) is 32.3 Å². The highest BCUT2D eigenvalue weighted by atomic mass is 35.5. The highest BCUT2D eigenvalue weighted by molar-refractivity contribution is 7.09. The Kier molecular flexibility index (Phi) is 5.21. The molecule has 1 aromatic heterocycles. The van der Waals surface area contributed by atoms with Crippen molar-refractivity contribution in [3.05, 3.63) is 64.3 Å². The summed E-state index contributed by atoms with van der Waals surface area (Å²) in [5.74, 6) is 0. The van der Waals surface area contributed by atoms with Crippen LogP contribution in [0.3, 0.4) is 0 Å². The van der Waals surface area contributed by atoms with Gasteiger partial charge in [0.1, 0.15) is 0 Å². The first-order chi connectivity index (χ1) is 9.69. The Labute approximate surface area is 127 Å². The summed E-state index contributed by atoms with van der Waals surface area (Å²) in [4.78, 5) is 15.1. The second-order valence-corrected chi connectivity index (χ2v) is 5.65. The van der Waals surface area contributed by atoms with E-state index in [1.807, 2.05) is 17.5 Å². The van der Waals surface area contributed by atoms with Crippen molar-refractivity contribution in [3.63, 3.8) is 0 Å². The number of hydrogen-bond donors (Lipinski definition) is 1. The summed E-state index contributed by atoms with van der Waals surface area (Å²) < 4.78 is 0. The molecular formula is C15H15ClN2OS. The van der Waals surface area contributed by atoms with E-state index in [-0.39, 0.29) is 6.03 Å². The molecule has 2 rings (SSSR count). The minimum Gasteiger partial charge on any atom is -0.316 e. The molecule has 0 aliphatic carbocycles. The van der Waals surface area contributed by atoms with Gasteiger partial charge in [0.05, 0.1) is 6.54 Å². The number of amides is 2. The van der Waals surface area contributed by atoms with Crippen molar-refractivity contribution in [2.75, 3.05) is 11.9 Å². The largest absolute Gasteiger partial charge is 0.322 e. The lowest BCUT2D eigenvalue weighted by Gasteiger charge is -2.21. The van der Waals surface area contributed by atoms with E-state index in [9.17, 15) is 4.79 Å². The number of nitrogens with zero attached hydrogens (tertiary/aromatic N) is 1. The summed E-state index contributed by atoms with van der Waals surface area (Å²) in [5.41, 5.74) is 0.722. The van der Waals surface area contributed by atoms with Crippen LogP contribution in [-0.2, 0) is 6.54 Å². The normalized spacial score (nSPS) is 10.1. The zero-order valence-electron chi connectivity index (χ0n) is 10.9. The van der Waals surface area contributed by atoms with Gasteiger partial charge in [-0.25, -0.2) is 4.79 Å². The molecule has 0 radical (unpaired) electrons. The van der Waals surface area contributed by atoms with E-state index in [1.54, 1.807) is 46.6 Å². The fourth-order valence-electron chi connectivity index (χ4n) is 1.70. The molecule has 1 aromatic carbocycles. The van der Waals surface area contributed by atoms with Crippen molar-refractivity contribution in [2.45, 2.75) is 6.54 Å². The Morgan fingerprint density at radius 3 is 2.70 bits per heavy atom. The van der Waals surface area contributed by atoms with Gasteiger partial charge in [-0.3, -0.25) is 0 Å². The lowest BCUT2D eigenvalue weighted by molar-refractivity contribution is 0.215. The van der Waals surface area contributed by atoms with Crippen molar-refractivity contribution in [1.82, 2.24) is 4.90 Å². The van der Waals surface area contributed by atoms with Gasteiger partial charge < -0.3 is 10.2 Å². The minimum absolute atomic E-state index is 0.152. The van der Waals surface area contributed by atoms with Gasteiger partial charge in [-0.15, -0.1) is 17.9 Å². The Morgan fingerprint density at radius 2 is 2.10 bits per heavy atom. The summed E-state index contributed by atoms with van der Waals surface area (Å²) in [5, 5.41) is 5.49. The number of benzene rings is 1. The molecule has 2 aromatic rings. The third kappa shape index (κ3) is 4.11. The zero-order valence-corrected chi connectivity index (χ0v) is 12.5. The predicted molar refractivity (Wildman–Crippen MR) is 85.4 cm³/mol. The third-order valence-electron chi connectivity index (χ3n) is 2.66. The van der Waals surface area contributed by atoms with Crippen molar-refractivity contribution >= 4 is 34.7 Å². The van der Waals surface area contributed by atoms with Gasteiger partial charge in [-0.05, 0) is 35.7 Å². The molecular weight excluding hydrogens is 292 g/mol. The molecule has 0 unspecified atom stereocenters. The number of anilines is 1. The van der Waals surface area contributed by atoms with E-state index in [2.05, 4.69) is 11.9 Å². The molecule has 1 N–H and O–H groups in total. The summed E-state index contributed by atoms with van der Waals surface area (Å²) >= 11 is 7.45. The molecule has 1 heterocycles. The second-order valence-electron chi connectivity index (χ2n) is 4.19. The molecule has 20 heavy (non-hydrogen) atoms. The fourth-order valence-corrected chi connectivity index (χ4v) is 2.55. The predicted octanol–water partition coefficient (Wildman–Crippen LogP) is 4.62. The zero-order chi connectivity index (χ0) is 14.4. The van der Waals surface area contributed by atoms with E-state index in [0.29, 0.717) is 18.1 Å². The number of hydrogen-bond acceptors (Lipinski definition) is 2. The van der Waals surface area contributed by atoms with Crippen LogP contribution in [-0.4, -0.2) is 17.5 Å². The molecule has 0 bridgehead atoms. The number of halogens is 1. The highest BCUT2D eigenvalue weighted by Crippen LogP contribution is 2.16. The van der Waals surface area contributed by atoms with E-state index < -0.39 is 0 Å². The van der Waals surface area contributed by atoms with Crippen LogP contribution in [0.1, 0.15) is 4.88 Å². The van der Waals surface area contributed by atoms with Crippen molar-refractivity contribution in [1.29, 1.82) is 0 Å². The summed E-state index contributed by atoms with van der Waals surface area (Å²) in [6.07, 6.45) is 1.72. The molecule has 0 saturated heterocycles. The quantitative estimate of drug-likeness (QED) is 0.803. The van der Waals surface area contributed by atoms with E-state index in [4.69, 9.17) is 11.6 Å². The first-order valence-electron chi connectivity index (χ1n) is 6.14. The number of thiophene rings is 1. The molecule has 104 valence electrons. The van der Waals surface area contributed by atoms with Crippen LogP contribution >= 0.6 is 22.9 Å². The summed E-state index contributed by atoms with van der Waals surface area (Å²) in [6.45, 7) is 4.76. The lowest BCUT2D eigenvalue weighted by atomic mass is 10.3. The number of nitrogens with one attached hydrogen (secondary N) is 1. The Balaban J connectivity index is 2.02. The van der Waals surface area contributed by atoms with Crippen LogP contribution in [0, 0.1) is 0 Å². The fraction of sp³-hybridized carbons (Fsp3) is 0.133. The highest BCUT2D eigenvalue weighted by Gasteiger charge is 2.13. The van der Waals surface area contributed by atoms with E-state index >= 15 is 0 Å². The minimum atomic E-state index is -0.152. The van der Waals surface area contributed by atoms with Gasteiger partial charge in [0.25, 0.3) is 0 Å². The third-order valence-corrected chi connectivity index (χ3v) is 3.77. The number of rotatable bonds is 5. The molecule has 0 fully saturated rings. The molecule has 0 saturated carbocycles. The van der Waals surface area contributed by atoms with Gasteiger partial charge in [-0.2, -0.15) is 0 Å². The van der Waals surface area contributed by atoms with Crippen LogP contribution in [0.5, 0.6) is 0 Å². The SMILES string of the molecule is C=CCN(Cc1cccs1)C(=O)Nc1ccc(Cl)cc1. The lowest BCUT2D eigenvalue weighted by Crippen LogP contribution is -2.34. The molecule has 0 aliphatic heterocycles. The maximum Gasteiger partial charge on any atom is 0.322 e. The Bertz CT molecular complexity index is 566. The summed E-state index contributed by atoms with van der Waals surface area (Å²) in [7, 11) is 0. The summed E-state index contributed by atoms with van der Waals surface area (Å²) in [6, 6.07) is 10.9.